The van der Waals surface area contributed by atoms with Gasteiger partial charge in [0.1, 0.15) is 16.4 Å². The van der Waals surface area contributed by atoms with Crippen LogP contribution in [0.1, 0.15) is 43.0 Å². The molecule has 0 fully saturated rings. The number of carbonyl (C=O) groups is 1. The summed E-state index contributed by atoms with van der Waals surface area (Å²) < 4.78 is 6.84. The molecule has 24 heavy (non-hydrogen) atoms. The van der Waals surface area contributed by atoms with Crippen molar-refractivity contribution < 1.29 is 9.53 Å². The third-order valence-corrected chi connectivity index (χ3v) is 5.86. The minimum absolute atomic E-state index is 0.0133. The summed E-state index contributed by atoms with van der Waals surface area (Å²) in [6.45, 7) is 4.73. The van der Waals surface area contributed by atoms with Crippen LogP contribution in [0.4, 0.5) is 0 Å². The number of Topliss-reactive ketones (excluding diaryl/α,β-unsaturated/α-hetero) is 1. The molecule has 130 valence electrons. The lowest BCUT2D eigenvalue weighted by atomic mass is 9.89. The second kappa shape index (κ2) is 7.15. The zero-order valence-corrected chi connectivity index (χ0v) is 15.4. The van der Waals surface area contributed by atoms with Crippen LogP contribution in [0.25, 0.3) is 10.2 Å². The van der Waals surface area contributed by atoms with Gasteiger partial charge < -0.3 is 4.74 Å². The molecule has 1 unspecified atom stereocenters. The summed E-state index contributed by atoms with van der Waals surface area (Å²) in [5.41, 5.74) is 1.21. The Morgan fingerprint density at radius 1 is 1.46 bits per heavy atom. The van der Waals surface area contributed by atoms with E-state index in [0.717, 1.165) is 35.3 Å². The smallest absolute Gasteiger partial charge is 0.262 e. The number of methoxy groups -OCH3 is 1. The molecule has 1 aliphatic rings. The molecule has 5 nitrogen and oxygen atoms in total. The number of aryl methyl sites for hydroxylation is 1. The van der Waals surface area contributed by atoms with Gasteiger partial charge in [0.25, 0.3) is 5.56 Å². The third kappa shape index (κ3) is 3.30. The first kappa shape index (κ1) is 17.3. The van der Waals surface area contributed by atoms with Crippen LogP contribution >= 0.6 is 11.3 Å². The highest BCUT2D eigenvalue weighted by atomic mass is 32.1. The lowest BCUT2D eigenvalue weighted by Gasteiger charge is -2.17. The molecular formula is C18H24N2O3S. The average Bonchev–Trinajstić information content (AvgIpc) is 2.89. The van der Waals surface area contributed by atoms with Crippen molar-refractivity contribution in [1.82, 2.24) is 9.55 Å². The maximum atomic E-state index is 13.1. The van der Waals surface area contributed by atoms with Crippen LogP contribution in [0.5, 0.6) is 0 Å². The highest BCUT2D eigenvalue weighted by molar-refractivity contribution is 7.18. The summed E-state index contributed by atoms with van der Waals surface area (Å²) in [5.74, 6) is 1.47. The van der Waals surface area contributed by atoms with Gasteiger partial charge in [-0.25, -0.2) is 4.98 Å². The van der Waals surface area contributed by atoms with Crippen molar-refractivity contribution in [3.8, 4) is 0 Å². The Morgan fingerprint density at radius 2 is 2.25 bits per heavy atom. The van der Waals surface area contributed by atoms with E-state index in [4.69, 9.17) is 9.72 Å². The second-order valence-corrected chi connectivity index (χ2v) is 7.80. The lowest BCUT2D eigenvalue weighted by molar-refractivity contribution is -0.117. The van der Waals surface area contributed by atoms with Gasteiger partial charge in [-0.2, -0.15) is 0 Å². The highest BCUT2D eigenvalue weighted by Crippen LogP contribution is 2.35. The monoisotopic (exact) mass is 348 g/mol. The van der Waals surface area contributed by atoms with Crippen molar-refractivity contribution in [2.45, 2.75) is 52.5 Å². The number of rotatable bonds is 6. The standard InChI is InChI=1S/C18H24N2O3S/c1-11-4-5-13-14(10-11)24-17-16(13)18(22)20(8-6-12(2)21)15(19-17)7-9-23-3/h11H,4-10H2,1-3H3. The third-order valence-electron chi connectivity index (χ3n) is 4.71. The number of aromatic nitrogens is 2. The van der Waals surface area contributed by atoms with E-state index in [1.54, 1.807) is 29.9 Å². The quantitative estimate of drug-likeness (QED) is 0.805. The van der Waals surface area contributed by atoms with E-state index in [-0.39, 0.29) is 11.3 Å². The Labute approximate surface area is 145 Å². The van der Waals surface area contributed by atoms with Crippen LogP contribution in [0.2, 0.25) is 0 Å². The second-order valence-electron chi connectivity index (χ2n) is 6.71. The fourth-order valence-electron chi connectivity index (χ4n) is 3.35. The zero-order chi connectivity index (χ0) is 17.3. The summed E-state index contributed by atoms with van der Waals surface area (Å²) in [6, 6.07) is 0. The Bertz CT molecular complexity index is 822. The van der Waals surface area contributed by atoms with E-state index in [1.165, 1.54) is 10.4 Å². The Balaban J connectivity index is 2.12. The fraction of sp³-hybridized carbons (Fsp3) is 0.611. The molecule has 0 radical (unpaired) electrons. The molecule has 0 aromatic carbocycles. The molecule has 0 amide bonds. The molecule has 2 heterocycles. The Hall–Kier alpha value is -1.53. The van der Waals surface area contributed by atoms with E-state index in [1.807, 2.05) is 0 Å². The predicted molar refractivity (Wildman–Crippen MR) is 95.9 cm³/mol. The number of hydrogen-bond donors (Lipinski definition) is 0. The summed E-state index contributed by atoms with van der Waals surface area (Å²) >= 11 is 1.67. The zero-order valence-electron chi connectivity index (χ0n) is 14.6. The normalized spacial score (nSPS) is 17.2. The number of ketones is 1. The van der Waals surface area contributed by atoms with E-state index < -0.39 is 0 Å². The van der Waals surface area contributed by atoms with Crippen LogP contribution in [-0.4, -0.2) is 29.1 Å². The Kier molecular flexibility index (Phi) is 5.15. The van der Waals surface area contributed by atoms with Gasteiger partial charge in [0.2, 0.25) is 0 Å². The van der Waals surface area contributed by atoms with Crippen molar-refractivity contribution in [1.29, 1.82) is 0 Å². The topological polar surface area (TPSA) is 61.2 Å². The molecule has 0 saturated heterocycles. The van der Waals surface area contributed by atoms with Crippen LogP contribution in [0.15, 0.2) is 4.79 Å². The SMILES string of the molecule is COCCc1nc2sc3c(c2c(=O)n1CCC(C)=O)CCC(C)C3. The first-order valence-corrected chi connectivity index (χ1v) is 9.35. The molecule has 0 aliphatic heterocycles. The van der Waals surface area contributed by atoms with Gasteiger partial charge in [-0.05, 0) is 37.7 Å². The van der Waals surface area contributed by atoms with Gasteiger partial charge in [-0.15, -0.1) is 11.3 Å². The van der Waals surface area contributed by atoms with E-state index in [2.05, 4.69) is 6.92 Å². The molecule has 0 N–H and O–H groups in total. The van der Waals surface area contributed by atoms with Crippen molar-refractivity contribution in [2.75, 3.05) is 13.7 Å². The number of hydrogen-bond acceptors (Lipinski definition) is 5. The van der Waals surface area contributed by atoms with Crippen molar-refractivity contribution in [3.63, 3.8) is 0 Å². The maximum absolute atomic E-state index is 13.1. The van der Waals surface area contributed by atoms with Crippen LogP contribution in [0.3, 0.4) is 0 Å². The summed E-state index contributed by atoms with van der Waals surface area (Å²) in [5, 5.41) is 0.784. The van der Waals surface area contributed by atoms with Gasteiger partial charge in [0.05, 0.1) is 12.0 Å². The van der Waals surface area contributed by atoms with Gasteiger partial charge in [-0.1, -0.05) is 6.92 Å². The number of fused-ring (bicyclic) bond motifs is 3. The molecule has 2 aromatic heterocycles. The number of carbonyl (C=O) groups excluding carboxylic acids is 1. The van der Waals surface area contributed by atoms with E-state index in [0.29, 0.717) is 31.9 Å². The fourth-order valence-corrected chi connectivity index (χ4v) is 4.74. The number of thiophene rings is 1. The summed E-state index contributed by atoms with van der Waals surface area (Å²) in [6.07, 6.45) is 4.06. The van der Waals surface area contributed by atoms with Crippen LogP contribution in [0, 0.1) is 5.92 Å². The summed E-state index contributed by atoms with van der Waals surface area (Å²) in [7, 11) is 1.64. The molecular weight excluding hydrogens is 324 g/mol. The molecule has 0 spiro atoms. The number of ether oxygens (including phenoxy) is 1. The molecule has 0 saturated carbocycles. The first-order valence-electron chi connectivity index (χ1n) is 8.53. The van der Waals surface area contributed by atoms with Crippen LogP contribution < -0.4 is 5.56 Å². The minimum atomic E-state index is 0.0133. The van der Waals surface area contributed by atoms with Crippen LogP contribution in [-0.2, 0) is 35.3 Å². The molecule has 0 bridgehead atoms. The number of nitrogens with zero attached hydrogens (tertiary/aromatic N) is 2. The lowest BCUT2D eigenvalue weighted by Crippen LogP contribution is -2.27. The molecule has 2 aromatic rings. The Morgan fingerprint density at radius 3 is 2.96 bits per heavy atom. The van der Waals surface area contributed by atoms with Crippen molar-refractivity contribution in [2.24, 2.45) is 5.92 Å². The average molecular weight is 348 g/mol. The van der Waals surface area contributed by atoms with E-state index >= 15 is 0 Å². The molecule has 6 heteroatoms. The minimum Gasteiger partial charge on any atom is -0.384 e. The largest absolute Gasteiger partial charge is 0.384 e. The van der Waals surface area contributed by atoms with Gasteiger partial charge in [0, 0.05) is 31.4 Å². The maximum Gasteiger partial charge on any atom is 0.262 e. The first-order chi connectivity index (χ1) is 11.5. The van der Waals surface area contributed by atoms with Gasteiger partial charge in [-0.3, -0.25) is 14.2 Å². The molecule has 1 aliphatic carbocycles. The van der Waals surface area contributed by atoms with Crippen molar-refractivity contribution in [3.05, 3.63) is 26.6 Å². The summed E-state index contributed by atoms with van der Waals surface area (Å²) in [4.78, 5) is 31.4. The van der Waals surface area contributed by atoms with Gasteiger partial charge in [0.15, 0.2) is 0 Å². The van der Waals surface area contributed by atoms with Crippen molar-refractivity contribution >= 4 is 27.3 Å². The highest BCUT2D eigenvalue weighted by Gasteiger charge is 2.24. The van der Waals surface area contributed by atoms with Gasteiger partial charge >= 0.3 is 0 Å². The molecule has 1 atom stereocenters. The molecule has 3 rings (SSSR count). The predicted octanol–water partition coefficient (Wildman–Crippen LogP) is 2.75. The van der Waals surface area contributed by atoms with E-state index in [9.17, 15) is 9.59 Å².